The summed E-state index contributed by atoms with van der Waals surface area (Å²) in [7, 11) is 0. The van der Waals surface area contributed by atoms with Crippen LogP contribution in [0.15, 0.2) is 0 Å². The highest BCUT2D eigenvalue weighted by atomic mass is 16.6. The van der Waals surface area contributed by atoms with Crippen LogP contribution in [0.25, 0.3) is 0 Å². The van der Waals surface area contributed by atoms with E-state index in [9.17, 15) is 0 Å². The molecular weight excluding hydrogens is 164 g/mol. The number of aliphatic hydroxyl groups is 4. The van der Waals surface area contributed by atoms with Crippen LogP contribution >= 0.6 is 0 Å². The lowest BCUT2D eigenvalue weighted by Crippen LogP contribution is -2.44. The monoisotopic (exact) mass is 180 g/mol. The Morgan fingerprint density at radius 2 is 1.58 bits per heavy atom. The molecule has 0 aromatic carbocycles. The second-order valence-corrected chi connectivity index (χ2v) is 2.57. The summed E-state index contributed by atoms with van der Waals surface area (Å²) in [5, 5.41) is 36.0. The van der Waals surface area contributed by atoms with Gasteiger partial charge in [0, 0.05) is 6.61 Å². The standard InChI is InChI=1S/C7H16O5/c1-3-12-7(11)6(10)5(9)4(2)8/h4-11H,3H2,1-2H3. The van der Waals surface area contributed by atoms with Gasteiger partial charge >= 0.3 is 0 Å². The summed E-state index contributed by atoms with van der Waals surface area (Å²) in [6.07, 6.45) is -5.44. The van der Waals surface area contributed by atoms with Crippen molar-refractivity contribution in [2.45, 2.75) is 38.4 Å². The van der Waals surface area contributed by atoms with Crippen LogP contribution in [0.2, 0.25) is 0 Å². The quantitative estimate of drug-likeness (QED) is 0.384. The molecule has 0 aliphatic carbocycles. The van der Waals surface area contributed by atoms with Gasteiger partial charge in [0.25, 0.3) is 0 Å². The molecule has 0 radical (unpaired) electrons. The third kappa shape index (κ3) is 3.46. The fourth-order valence-electron chi connectivity index (χ4n) is 0.723. The van der Waals surface area contributed by atoms with E-state index in [1.165, 1.54) is 6.92 Å². The number of aliphatic hydroxyl groups excluding tert-OH is 4. The van der Waals surface area contributed by atoms with Crippen molar-refractivity contribution >= 4 is 0 Å². The van der Waals surface area contributed by atoms with Crippen LogP contribution in [0.5, 0.6) is 0 Å². The van der Waals surface area contributed by atoms with Crippen molar-refractivity contribution in [1.29, 1.82) is 0 Å². The van der Waals surface area contributed by atoms with Gasteiger partial charge < -0.3 is 25.2 Å². The summed E-state index contributed by atoms with van der Waals surface area (Å²) in [5.74, 6) is 0. The summed E-state index contributed by atoms with van der Waals surface area (Å²) < 4.78 is 4.61. The average molecular weight is 180 g/mol. The molecule has 0 spiro atoms. The van der Waals surface area contributed by atoms with Gasteiger partial charge in [-0.2, -0.15) is 0 Å². The van der Waals surface area contributed by atoms with Gasteiger partial charge in [0.05, 0.1) is 6.10 Å². The van der Waals surface area contributed by atoms with Crippen LogP contribution in [0.1, 0.15) is 13.8 Å². The van der Waals surface area contributed by atoms with Gasteiger partial charge in [-0.05, 0) is 13.8 Å². The molecule has 0 saturated carbocycles. The van der Waals surface area contributed by atoms with E-state index in [2.05, 4.69) is 4.74 Å². The Labute approximate surface area is 71.2 Å². The minimum absolute atomic E-state index is 0.227. The molecule has 4 unspecified atom stereocenters. The minimum atomic E-state index is -1.48. The highest BCUT2D eigenvalue weighted by Crippen LogP contribution is 2.05. The van der Waals surface area contributed by atoms with E-state index in [0.29, 0.717) is 0 Å². The Morgan fingerprint density at radius 1 is 1.08 bits per heavy atom. The third-order valence-electron chi connectivity index (χ3n) is 1.47. The van der Waals surface area contributed by atoms with Gasteiger partial charge in [-0.3, -0.25) is 0 Å². The molecule has 5 nitrogen and oxygen atoms in total. The molecule has 4 N–H and O–H groups in total. The SMILES string of the molecule is CCOC(O)C(O)C(O)C(C)O. The predicted molar refractivity (Wildman–Crippen MR) is 41.3 cm³/mol. The molecular formula is C7H16O5. The second-order valence-electron chi connectivity index (χ2n) is 2.57. The molecule has 0 amide bonds. The van der Waals surface area contributed by atoms with Crippen molar-refractivity contribution in [3.05, 3.63) is 0 Å². The molecule has 0 fully saturated rings. The van der Waals surface area contributed by atoms with E-state index in [1.807, 2.05) is 0 Å². The Morgan fingerprint density at radius 3 is 1.92 bits per heavy atom. The highest BCUT2D eigenvalue weighted by molar-refractivity contribution is 4.73. The molecule has 0 heterocycles. The fourth-order valence-corrected chi connectivity index (χ4v) is 0.723. The van der Waals surface area contributed by atoms with E-state index in [-0.39, 0.29) is 6.61 Å². The molecule has 74 valence electrons. The van der Waals surface area contributed by atoms with Crippen molar-refractivity contribution < 1.29 is 25.2 Å². The lowest BCUT2D eigenvalue weighted by atomic mass is 10.1. The van der Waals surface area contributed by atoms with Crippen LogP contribution in [0.4, 0.5) is 0 Å². The second kappa shape index (κ2) is 5.45. The first-order valence-electron chi connectivity index (χ1n) is 3.84. The minimum Gasteiger partial charge on any atom is -0.391 e. The van der Waals surface area contributed by atoms with Crippen LogP contribution in [0, 0.1) is 0 Å². The van der Waals surface area contributed by atoms with Crippen LogP contribution < -0.4 is 0 Å². The van der Waals surface area contributed by atoms with Crippen molar-refractivity contribution in [2.75, 3.05) is 6.61 Å². The maximum atomic E-state index is 9.10. The molecule has 0 saturated heterocycles. The average Bonchev–Trinajstić information content (AvgIpc) is 2.02. The van der Waals surface area contributed by atoms with E-state index in [4.69, 9.17) is 20.4 Å². The third-order valence-corrected chi connectivity index (χ3v) is 1.47. The smallest absolute Gasteiger partial charge is 0.183 e. The summed E-state index contributed by atoms with van der Waals surface area (Å²) in [6.45, 7) is 3.18. The first-order chi connectivity index (χ1) is 5.50. The lowest BCUT2D eigenvalue weighted by Gasteiger charge is -2.24. The predicted octanol–water partition coefficient (Wildman–Crippen LogP) is -1.56. The molecule has 0 aromatic rings. The summed E-state index contributed by atoms with van der Waals surface area (Å²) in [4.78, 5) is 0. The Hall–Kier alpha value is -0.200. The topological polar surface area (TPSA) is 90.2 Å². The van der Waals surface area contributed by atoms with Gasteiger partial charge in [-0.25, -0.2) is 0 Å². The van der Waals surface area contributed by atoms with Gasteiger partial charge in [-0.1, -0.05) is 0 Å². The Bertz CT molecular complexity index is 116. The van der Waals surface area contributed by atoms with Crippen molar-refractivity contribution in [1.82, 2.24) is 0 Å². The molecule has 0 bridgehead atoms. The molecule has 0 aliphatic heterocycles. The summed E-state index contributed by atoms with van der Waals surface area (Å²) >= 11 is 0. The van der Waals surface area contributed by atoms with Gasteiger partial charge in [0.1, 0.15) is 12.2 Å². The van der Waals surface area contributed by atoms with E-state index in [0.717, 1.165) is 0 Å². The number of ether oxygens (including phenoxy) is 1. The zero-order valence-corrected chi connectivity index (χ0v) is 7.21. The zero-order chi connectivity index (χ0) is 9.72. The Balaban J connectivity index is 3.90. The fraction of sp³-hybridized carbons (Fsp3) is 1.00. The van der Waals surface area contributed by atoms with Gasteiger partial charge in [0.2, 0.25) is 0 Å². The van der Waals surface area contributed by atoms with Crippen LogP contribution in [-0.2, 0) is 4.74 Å². The number of hydrogen-bond acceptors (Lipinski definition) is 5. The zero-order valence-electron chi connectivity index (χ0n) is 7.21. The van der Waals surface area contributed by atoms with E-state index in [1.54, 1.807) is 6.92 Å². The number of rotatable bonds is 5. The van der Waals surface area contributed by atoms with Crippen molar-refractivity contribution in [3.63, 3.8) is 0 Å². The molecule has 0 rings (SSSR count). The lowest BCUT2D eigenvalue weighted by molar-refractivity contribution is -0.198. The first kappa shape index (κ1) is 11.8. The van der Waals surface area contributed by atoms with Crippen LogP contribution in [0.3, 0.4) is 0 Å². The molecule has 12 heavy (non-hydrogen) atoms. The summed E-state index contributed by atoms with van der Waals surface area (Å²) in [5.41, 5.74) is 0. The maximum absolute atomic E-state index is 9.10. The van der Waals surface area contributed by atoms with Crippen molar-refractivity contribution in [2.24, 2.45) is 0 Å². The maximum Gasteiger partial charge on any atom is 0.183 e. The first-order valence-corrected chi connectivity index (χ1v) is 3.84. The number of hydrogen-bond donors (Lipinski definition) is 4. The largest absolute Gasteiger partial charge is 0.391 e. The van der Waals surface area contributed by atoms with E-state index < -0.39 is 24.6 Å². The normalized spacial score (nSPS) is 21.5. The molecule has 5 heteroatoms. The Kier molecular flexibility index (Phi) is 5.36. The molecule has 0 aromatic heterocycles. The van der Waals surface area contributed by atoms with Gasteiger partial charge in [0.15, 0.2) is 6.29 Å². The van der Waals surface area contributed by atoms with E-state index >= 15 is 0 Å². The highest BCUT2D eigenvalue weighted by Gasteiger charge is 2.28. The van der Waals surface area contributed by atoms with Gasteiger partial charge in [-0.15, -0.1) is 0 Å². The summed E-state index contributed by atoms with van der Waals surface area (Å²) in [6, 6.07) is 0. The molecule has 4 atom stereocenters. The van der Waals surface area contributed by atoms with Crippen LogP contribution in [-0.4, -0.2) is 51.6 Å². The molecule has 0 aliphatic rings. The van der Waals surface area contributed by atoms with Crippen molar-refractivity contribution in [3.8, 4) is 0 Å².